The van der Waals surface area contributed by atoms with E-state index in [4.69, 9.17) is 44.6 Å². The summed E-state index contributed by atoms with van der Waals surface area (Å²) in [4.78, 5) is 11.0. The molecule has 0 saturated carbocycles. The molecule has 2 aromatic rings. The Bertz CT molecular complexity index is 670. The lowest BCUT2D eigenvalue weighted by molar-refractivity contribution is 0.0693. The Morgan fingerprint density at radius 3 is 2.60 bits per heavy atom. The number of halogens is 3. The second kappa shape index (κ2) is 5.91. The van der Waals surface area contributed by atoms with Crippen LogP contribution < -0.4 is 4.74 Å². The van der Waals surface area contributed by atoms with Crippen molar-refractivity contribution >= 4 is 40.8 Å². The number of hydrogen-bond acceptors (Lipinski definition) is 3. The Labute approximate surface area is 129 Å². The van der Waals surface area contributed by atoms with Crippen molar-refractivity contribution in [3.8, 4) is 5.75 Å². The van der Waals surface area contributed by atoms with Crippen LogP contribution in [0.25, 0.3) is 0 Å². The number of carbonyl (C=O) groups is 1. The molecule has 0 bridgehead atoms. The number of hydrogen-bond donors (Lipinski definition) is 1. The summed E-state index contributed by atoms with van der Waals surface area (Å²) in [5.74, 6) is -0.754. The Hall–Kier alpha value is -1.43. The molecule has 8 heteroatoms. The number of benzene rings is 1. The highest BCUT2D eigenvalue weighted by Crippen LogP contribution is 2.34. The Morgan fingerprint density at radius 1 is 1.30 bits per heavy atom. The van der Waals surface area contributed by atoms with Crippen LogP contribution in [0, 0.1) is 0 Å². The Kier molecular flexibility index (Phi) is 4.42. The zero-order valence-corrected chi connectivity index (χ0v) is 12.5. The molecular formula is C12H9Cl3N2O3. The first-order valence-corrected chi connectivity index (χ1v) is 6.55. The van der Waals surface area contributed by atoms with Crippen LogP contribution in [0.4, 0.5) is 0 Å². The summed E-state index contributed by atoms with van der Waals surface area (Å²) in [6.07, 6.45) is 1.26. The topological polar surface area (TPSA) is 64.4 Å². The van der Waals surface area contributed by atoms with Gasteiger partial charge in [-0.15, -0.1) is 0 Å². The van der Waals surface area contributed by atoms with E-state index in [2.05, 4.69) is 5.10 Å². The molecule has 1 heterocycles. The van der Waals surface area contributed by atoms with Gasteiger partial charge in [-0.05, 0) is 6.07 Å². The highest BCUT2D eigenvalue weighted by atomic mass is 35.5. The van der Waals surface area contributed by atoms with Gasteiger partial charge in [-0.25, -0.2) is 4.79 Å². The summed E-state index contributed by atoms with van der Waals surface area (Å²) in [7, 11) is 1.63. The van der Waals surface area contributed by atoms with Gasteiger partial charge in [0.2, 0.25) is 0 Å². The number of aromatic carboxylic acids is 1. The van der Waals surface area contributed by atoms with E-state index < -0.39 is 5.97 Å². The predicted octanol–water partition coefficient (Wildman–Crippen LogP) is 3.66. The summed E-state index contributed by atoms with van der Waals surface area (Å²) >= 11 is 17.7. The molecule has 1 aromatic carbocycles. The molecule has 1 N–H and O–H groups in total. The van der Waals surface area contributed by atoms with Gasteiger partial charge >= 0.3 is 5.97 Å². The fourth-order valence-electron chi connectivity index (χ4n) is 1.57. The molecule has 5 nitrogen and oxygen atoms in total. The van der Waals surface area contributed by atoms with E-state index in [0.717, 1.165) is 0 Å². The first-order chi connectivity index (χ1) is 9.40. The third-order valence-electron chi connectivity index (χ3n) is 2.63. The van der Waals surface area contributed by atoms with Crippen LogP contribution in [-0.2, 0) is 13.7 Å². The van der Waals surface area contributed by atoms with Gasteiger partial charge in [-0.1, -0.05) is 34.8 Å². The molecule has 0 aliphatic heterocycles. The first kappa shape index (κ1) is 15.0. The molecule has 0 unspecified atom stereocenters. The lowest BCUT2D eigenvalue weighted by Gasteiger charge is -2.10. The minimum atomic E-state index is -1.07. The molecule has 0 saturated heterocycles. The maximum Gasteiger partial charge on any atom is 0.339 e. The molecule has 2 rings (SSSR count). The van der Waals surface area contributed by atoms with Crippen molar-refractivity contribution in [3.63, 3.8) is 0 Å². The number of carboxylic acid groups (broad SMARTS) is 1. The molecule has 0 radical (unpaired) electrons. The molecule has 0 aliphatic rings. The van der Waals surface area contributed by atoms with Crippen molar-refractivity contribution in [2.45, 2.75) is 6.61 Å². The number of rotatable bonds is 4. The average Bonchev–Trinajstić information content (AvgIpc) is 2.74. The van der Waals surface area contributed by atoms with Crippen LogP contribution in [0.2, 0.25) is 15.1 Å². The van der Waals surface area contributed by atoms with Crippen molar-refractivity contribution in [3.05, 3.63) is 44.7 Å². The van der Waals surface area contributed by atoms with Gasteiger partial charge in [-0.3, -0.25) is 4.68 Å². The number of carboxylic acids is 1. The van der Waals surface area contributed by atoms with Gasteiger partial charge in [0.25, 0.3) is 0 Å². The van der Waals surface area contributed by atoms with Crippen LogP contribution >= 0.6 is 34.8 Å². The average molecular weight is 336 g/mol. The lowest BCUT2D eigenvalue weighted by Crippen LogP contribution is -2.08. The Balaban J connectivity index is 2.23. The molecule has 20 heavy (non-hydrogen) atoms. The molecule has 0 amide bonds. The van der Waals surface area contributed by atoms with E-state index in [1.54, 1.807) is 7.05 Å². The van der Waals surface area contributed by atoms with E-state index in [1.165, 1.54) is 23.0 Å². The summed E-state index contributed by atoms with van der Waals surface area (Å²) in [5, 5.41) is 13.8. The monoisotopic (exact) mass is 334 g/mol. The van der Waals surface area contributed by atoms with Gasteiger partial charge in [0.05, 0.1) is 27.0 Å². The zero-order chi connectivity index (χ0) is 14.9. The second-order valence-corrected chi connectivity index (χ2v) is 5.14. The maximum absolute atomic E-state index is 11.0. The molecular weight excluding hydrogens is 327 g/mol. The van der Waals surface area contributed by atoms with Crippen LogP contribution in [0.15, 0.2) is 18.3 Å². The summed E-state index contributed by atoms with van der Waals surface area (Å²) in [5.41, 5.74) is 0.489. The normalized spacial score (nSPS) is 10.6. The van der Waals surface area contributed by atoms with Crippen LogP contribution in [0.5, 0.6) is 5.75 Å². The van der Waals surface area contributed by atoms with E-state index >= 15 is 0 Å². The Morgan fingerprint density at radius 2 is 1.95 bits per heavy atom. The van der Waals surface area contributed by atoms with Gasteiger partial charge in [0, 0.05) is 13.1 Å². The fourth-order valence-corrected chi connectivity index (χ4v) is 2.17. The van der Waals surface area contributed by atoms with Crippen molar-refractivity contribution < 1.29 is 14.6 Å². The highest BCUT2D eigenvalue weighted by molar-refractivity contribution is 6.43. The number of nitrogens with zero attached hydrogens (tertiary/aromatic N) is 2. The first-order valence-electron chi connectivity index (χ1n) is 5.41. The van der Waals surface area contributed by atoms with Crippen LogP contribution in [0.3, 0.4) is 0 Å². The van der Waals surface area contributed by atoms with Crippen molar-refractivity contribution in [2.75, 3.05) is 0 Å². The summed E-state index contributed by atoms with van der Waals surface area (Å²) in [6.45, 7) is -0.00415. The van der Waals surface area contributed by atoms with Gasteiger partial charge in [-0.2, -0.15) is 5.10 Å². The van der Waals surface area contributed by atoms with E-state index in [1.807, 2.05) is 0 Å². The standard InChI is InChI=1S/C12H9Cl3N2O3/c1-17-10(6(4-16-17)12(18)19)5-20-11-3-8(14)7(13)2-9(11)15/h2-4H,5H2,1H3,(H,18,19). The van der Waals surface area contributed by atoms with Gasteiger partial charge in [0.15, 0.2) is 0 Å². The number of aryl methyl sites for hydroxylation is 1. The van der Waals surface area contributed by atoms with Gasteiger partial charge < -0.3 is 9.84 Å². The van der Waals surface area contributed by atoms with E-state index in [0.29, 0.717) is 26.5 Å². The summed E-state index contributed by atoms with van der Waals surface area (Å²) < 4.78 is 6.91. The van der Waals surface area contributed by atoms with Crippen molar-refractivity contribution in [1.29, 1.82) is 0 Å². The third-order valence-corrected chi connectivity index (χ3v) is 3.65. The minimum absolute atomic E-state index is 0.00415. The molecule has 0 aliphatic carbocycles. The highest BCUT2D eigenvalue weighted by Gasteiger charge is 2.16. The van der Waals surface area contributed by atoms with Crippen LogP contribution in [0.1, 0.15) is 16.1 Å². The maximum atomic E-state index is 11.0. The largest absolute Gasteiger partial charge is 0.486 e. The molecule has 0 spiro atoms. The van der Waals surface area contributed by atoms with Crippen molar-refractivity contribution in [2.24, 2.45) is 7.05 Å². The molecule has 0 atom stereocenters. The minimum Gasteiger partial charge on any atom is -0.486 e. The zero-order valence-electron chi connectivity index (χ0n) is 10.2. The fraction of sp³-hybridized carbons (Fsp3) is 0.167. The smallest absolute Gasteiger partial charge is 0.339 e. The molecule has 0 fully saturated rings. The van der Waals surface area contributed by atoms with Gasteiger partial charge in [0.1, 0.15) is 17.9 Å². The predicted molar refractivity (Wildman–Crippen MR) is 76.0 cm³/mol. The SMILES string of the molecule is Cn1ncc(C(=O)O)c1COc1cc(Cl)c(Cl)cc1Cl. The molecule has 1 aromatic heterocycles. The number of aromatic nitrogens is 2. The second-order valence-electron chi connectivity index (χ2n) is 3.92. The van der Waals surface area contributed by atoms with Crippen LogP contribution in [-0.4, -0.2) is 20.9 Å². The quantitative estimate of drug-likeness (QED) is 0.866. The molecule has 106 valence electrons. The lowest BCUT2D eigenvalue weighted by atomic mass is 10.2. The third kappa shape index (κ3) is 3.00. The van der Waals surface area contributed by atoms with Crippen molar-refractivity contribution in [1.82, 2.24) is 9.78 Å². The van der Waals surface area contributed by atoms with E-state index in [9.17, 15) is 4.79 Å². The number of ether oxygens (including phenoxy) is 1. The summed E-state index contributed by atoms with van der Waals surface area (Å²) in [6, 6.07) is 2.94. The van der Waals surface area contributed by atoms with E-state index in [-0.39, 0.29) is 12.2 Å².